The molecular weight excluding hydrogens is 337 g/mol. The number of thiazole rings is 1. The second-order valence-corrected chi connectivity index (χ2v) is 6.69. The smallest absolute Gasteiger partial charge is 0.398 e. The van der Waals surface area contributed by atoms with Crippen molar-refractivity contribution < 1.29 is 18.3 Å². The minimum Gasteiger partial charge on any atom is -0.398 e. The summed E-state index contributed by atoms with van der Waals surface area (Å²) < 4.78 is 42.2. The molecule has 0 fully saturated rings. The van der Waals surface area contributed by atoms with Gasteiger partial charge in [0.1, 0.15) is 5.01 Å². The van der Waals surface area contributed by atoms with Crippen molar-refractivity contribution in [3.05, 3.63) is 58.1 Å². The minimum atomic E-state index is -4.96. The van der Waals surface area contributed by atoms with Gasteiger partial charge in [-0.1, -0.05) is 24.3 Å². The Bertz CT molecular complexity index is 887. The summed E-state index contributed by atoms with van der Waals surface area (Å²) in [6.07, 6.45) is -4.96. The maximum absolute atomic E-state index is 13.9. The van der Waals surface area contributed by atoms with Crippen LogP contribution in [0.2, 0.25) is 0 Å². The van der Waals surface area contributed by atoms with E-state index in [9.17, 15) is 18.3 Å². The van der Waals surface area contributed by atoms with Gasteiger partial charge in [-0.3, -0.25) is 0 Å². The van der Waals surface area contributed by atoms with Gasteiger partial charge in [-0.15, -0.1) is 11.3 Å². The van der Waals surface area contributed by atoms with Gasteiger partial charge in [0.25, 0.3) is 0 Å². The van der Waals surface area contributed by atoms with E-state index in [1.807, 2.05) is 0 Å². The second kappa shape index (κ2) is 5.46. The van der Waals surface area contributed by atoms with E-state index in [4.69, 9.17) is 5.73 Å². The number of fused-ring (bicyclic) bond motifs is 1. The third-order valence-corrected chi connectivity index (χ3v) is 5.33. The van der Waals surface area contributed by atoms with Crippen LogP contribution in [0.15, 0.2) is 36.4 Å². The van der Waals surface area contributed by atoms with Gasteiger partial charge < -0.3 is 10.8 Å². The molecule has 1 atom stereocenters. The molecule has 126 valence electrons. The van der Waals surface area contributed by atoms with Gasteiger partial charge in [0.2, 0.25) is 5.60 Å². The Morgan fingerprint density at radius 2 is 1.75 bits per heavy atom. The lowest BCUT2D eigenvalue weighted by atomic mass is 9.89. The van der Waals surface area contributed by atoms with Crippen LogP contribution in [0.4, 0.5) is 18.9 Å². The summed E-state index contributed by atoms with van der Waals surface area (Å²) in [6.45, 7) is 3.38. The number of aliphatic hydroxyl groups is 1. The number of hydrogen-bond acceptors (Lipinski definition) is 4. The number of aromatic nitrogens is 1. The van der Waals surface area contributed by atoms with Gasteiger partial charge in [0.15, 0.2) is 0 Å². The summed E-state index contributed by atoms with van der Waals surface area (Å²) in [5.41, 5.74) is 3.87. The van der Waals surface area contributed by atoms with E-state index in [0.717, 1.165) is 16.9 Å². The van der Waals surface area contributed by atoms with Crippen LogP contribution in [0.1, 0.15) is 21.7 Å². The largest absolute Gasteiger partial charge is 0.428 e. The topological polar surface area (TPSA) is 59.1 Å². The summed E-state index contributed by atoms with van der Waals surface area (Å²) in [4.78, 5) is 4.01. The zero-order valence-electron chi connectivity index (χ0n) is 13.0. The lowest BCUT2D eigenvalue weighted by molar-refractivity contribution is -0.248. The van der Waals surface area contributed by atoms with Crippen molar-refractivity contribution >= 4 is 27.2 Å². The Morgan fingerprint density at radius 3 is 2.38 bits per heavy atom. The number of aryl methyl sites for hydroxylation is 1. The maximum atomic E-state index is 13.9. The van der Waals surface area contributed by atoms with Crippen molar-refractivity contribution in [3.63, 3.8) is 0 Å². The number of hydrogen-bond donors (Lipinski definition) is 2. The summed E-state index contributed by atoms with van der Waals surface area (Å²) in [5.74, 6) is 0. The van der Waals surface area contributed by atoms with Crippen molar-refractivity contribution in [1.82, 2.24) is 4.98 Å². The fraction of sp³-hybridized carbons (Fsp3) is 0.235. The highest BCUT2D eigenvalue weighted by atomic mass is 32.1. The number of halogens is 3. The fourth-order valence-electron chi connectivity index (χ4n) is 2.57. The lowest BCUT2D eigenvalue weighted by Gasteiger charge is -2.30. The molecule has 0 saturated carbocycles. The number of rotatable bonds is 2. The predicted octanol–water partition coefficient (Wildman–Crippen LogP) is 4.29. The van der Waals surface area contributed by atoms with E-state index in [1.165, 1.54) is 12.1 Å². The molecular formula is C17H15F3N2OS. The van der Waals surface area contributed by atoms with Gasteiger partial charge in [-0.25, -0.2) is 4.98 Å². The standard InChI is InChI=1S/C17H15F3N2OS/c1-9-7-8-11(14(21)10(9)2)16(23,17(18,19)20)15-22-12-5-3-4-6-13(12)24-15/h3-8,23H,21H2,1-2H3. The van der Waals surface area contributed by atoms with Gasteiger partial charge in [0, 0.05) is 11.3 Å². The van der Waals surface area contributed by atoms with E-state index in [2.05, 4.69) is 4.98 Å². The number of anilines is 1. The third-order valence-electron chi connectivity index (χ3n) is 4.19. The SMILES string of the molecule is Cc1ccc(C(O)(c2nc3ccccc3s2)C(F)(F)F)c(N)c1C. The zero-order valence-corrected chi connectivity index (χ0v) is 13.8. The molecule has 1 aromatic heterocycles. The van der Waals surface area contributed by atoms with Gasteiger partial charge in [-0.05, 0) is 37.1 Å². The molecule has 3 N–H and O–H groups in total. The number of nitrogen functional groups attached to an aromatic ring is 1. The average Bonchev–Trinajstić information content (AvgIpc) is 2.95. The summed E-state index contributed by atoms with van der Waals surface area (Å²) in [6, 6.07) is 9.40. The first-order valence-corrected chi connectivity index (χ1v) is 7.99. The summed E-state index contributed by atoms with van der Waals surface area (Å²) in [5, 5.41) is 10.3. The molecule has 0 saturated heterocycles. The molecule has 0 aliphatic heterocycles. The van der Waals surface area contributed by atoms with Crippen molar-refractivity contribution in [2.75, 3.05) is 5.73 Å². The lowest BCUT2D eigenvalue weighted by Crippen LogP contribution is -2.44. The van der Waals surface area contributed by atoms with Crippen LogP contribution >= 0.6 is 11.3 Å². The van der Waals surface area contributed by atoms with Gasteiger partial charge in [-0.2, -0.15) is 13.2 Å². The van der Waals surface area contributed by atoms with Crippen molar-refractivity contribution in [2.45, 2.75) is 25.6 Å². The molecule has 3 rings (SSSR count). The Labute approximate surface area is 140 Å². The molecule has 0 aliphatic carbocycles. The molecule has 2 aromatic carbocycles. The molecule has 3 aromatic rings. The van der Waals surface area contributed by atoms with Crippen LogP contribution in [-0.2, 0) is 5.60 Å². The van der Waals surface area contributed by atoms with Crippen molar-refractivity contribution in [2.24, 2.45) is 0 Å². The summed E-state index contributed by atoms with van der Waals surface area (Å²) in [7, 11) is 0. The van der Waals surface area contributed by atoms with Crippen LogP contribution in [0, 0.1) is 13.8 Å². The Balaban J connectivity index is 2.32. The van der Waals surface area contributed by atoms with E-state index in [-0.39, 0.29) is 5.69 Å². The van der Waals surface area contributed by atoms with Crippen molar-refractivity contribution in [1.29, 1.82) is 0 Å². The Hall–Kier alpha value is -2.12. The zero-order chi connectivity index (χ0) is 17.7. The first-order valence-electron chi connectivity index (χ1n) is 7.17. The molecule has 1 unspecified atom stereocenters. The Kier molecular flexibility index (Phi) is 3.80. The molecule has 3 nitrogen and oxygen atoms in total. The van der Waals surface area contributed by atoms with Gasteiger partial charge in [0.05, 0.1) is 10.2 Å². The number of para-hydroxylation sites is 1. The maximum Gasteiger partial charge on any atom is 0.428 e. The molecule has 0 bridgehead atoms. The molecule has 24 heavy (non-hydrogen) atoms. The van der Waals surface area contributed by atoms with Crippen LogP contribution in [-0.4, -0.2) is 16.3 Å². The van der Waals surface area contributed by atoms with Crippen molar-refractivity contribution in [3.8, 4) is 0 Å². The molecule has 0 aliphatic rings. The predicted molar refractivity (Wildman–Crippen MR) is 89.0 cm³/mol. The highest BCUT2D eigenvalue weighted by Gasteiger charge is 2.59. The van der Waals surface area contributed by atoms with E-state index in [1.54, 1.807) is 38.1 Å². The Morgan fingerprint density at radius 1 is 1.08 bits per heavy atom. The fourth-order valence-corrected chi connectivity index (χ4v) is 3.66. The number of alkyl halides is 3. The van der Waals surface area contributed by atoms with E-state index >= 15 is 0 Å². The molecule has 0 radical (unpaired) electrons. The monoisotopic (exact) mass is 352 g/mol. The molecule has 7 heteroatoms. The first kappa shape index (κ1) is 16.7. The minimum absolute atomic E-state index is 0.0749. The number of benzene rings is 2. The number of nitrogens with two attached hydrogens (primary N) is 1. The average molecular weight is 352 g/mol. The first-order chi connectivity index (χ1) is 11.2. The normalized spacial score (nSPS) is 14.8. The number of nitrogens with zero attached hydrogens (tertiary/aromatic N) is 1. The molecule has 1 heterocycles. The van der Waals surface area contributed by atoms with Crippen LogP contribution in [0.5, 0.6) is 0 Å². The third kappa shape index (κ3) is 2.35. The molecule has 0 amide bonds. The second-order valence-electron chi connectivity index (χ2n) is 5.66. The molecule has 0 spiro atoms. The van der Waals surface area contributed by atoms with E-state index in [0.29, 0.717) is 15.8 Å². The van der Waals surface area contributed by atoms with Crippen LogP contribution in [0.25, 0.3) is 10.2 Å². The summed E-state index contributed by atoms with van der Waals surface area (Å²) >= 11 is 0.808. The highest BCUT2D eigenvalue weighted by molar-refractivity contribution is 7.18. The van der Waals surface area contributed by atoms with E-state index < -0.39 is 22.3 Å². The quantitative estimate of drug-likeness (QED) is 0.676. The van der Waals surface area contributed by atoms with Crippen LogP contribution < -0.4 is 5.73 Å². The van der Waals surface area contributed by atoms with Crippen LogP contribution in [0.3, 0.4) is 0 Å². The highest BCUT2D eigenvalue weighted by Crippen LogP contribution is 2.48. The van der Waals surface area contributed by atoms with Gasteiger partial charge >= 0.3 is 6.18 Å².